The maximum absolute atomic E-state index is 12.9. The predicted molar refractivity (Wildman–Crippen MR) is 92.4 cm³/mol. The van der Waals surface area contributed by atoms with Gasteiger partial charge in [-0.3, -0.25) is 9.36 Å². The van der Waals surface area contributed by atoms with E-state index in [1.54, 1.807) is 4.57 Å². The molecule has 0 amide bonds. The Labute approximate surface area is 138 Å². The molecule has 3 aromatic rings. The van der Waals surface area contributed by atoms with Crippen molar-refractivity contribution >= 4 is 42.8 Å². The van der Waals surface area contributed by atoms with Crippen LogP contribution in [0, 0.1) is 6.92 Å². The summed E-state index contributed by atoms with van der Waals surface area (Å²) >= 11 is 6.90. The van der Waals surface area contributed by atoms with E-state index in [1.807, 2.05) is 49.4 Å². The van der Waals surface area contributed by atoms with Crippen LogP contribution < -0.4 is 5.56 Å². The van der Waals surface area contributed by atoms with Crippen LogP contribution in [0.3, 0.4) is 0 Å². The van der Waals surface area contributed by atoms with E-state index < -0.39 is 0 Å². The van der Waals surface area contributed by atoms with Crippen LogP contribution in [-0.4, -0.2) is 9.55 Å². The van der Waals surface area contributed by atoms with E-state index in [0.29, 0.717) is 22.1 Å². The zero-order valence-corrected chi connectivity index (χ0v) is 14.5. The molecule has 1 aromatic heterocycles. The van der Waals surface area contributed by atoms with Crippen molar-refractivity contribution in [3.05, 3.63) is 68.7 Å². The van der Waals surface area contributed by atoms with Gasteiger partial charge in [0.1, 0.15) is 5.82 Å². The number of alkyl halides is 1. The molecule has 0 radical (unpaired) electrons. The number of rotatable bonds is 2. The standard InChI is InChI=1S/C16H12Br2N2O/c1-10-5-2-3-8-13(10)20-14(9-17)19-15-11(16(20)21)6-4-7-12(15)18/h2-8H,9H2,1H3. The number of nitrogens with zero attached hydrogens (tertiary/aromatic N) is 2. The second-order valence-electron chi connectivity index (χ2n) is 4.72. The summed E-state index contributed by atoms with van der Waals surface area (Å²) < 4.78 is 2.51. The van der Waals surface area contributed by atoms with Crippen molar-refractivity contribution in [3.63, 3.8) is 0 Å². The summed E-state index contributed by atoms with van der Waals surface area (Å²) in [5, 5.41) is 1.12. The van der Waals surface area contributed by atoms with Crippen molar-refractivity contribution in [2.24, 2.45) is 0 Å². The molecule has 0 aliphatic rings. The topological polar surface area (TPSA) is 34.9 Å². The van der Waals surface area contributed by atoms with Gasteiger partial charge in [-0.25, -0.2) is 4.98 Å². The molecule has 3 rings (SSSR count). The summed E-state index contributed by atoms with van der Waals surface area (Å²) in [6.07, 6.45) is 0. The maximum Gasteiger partial charge on any atom is 0.266 e. The van der Waals surface area contributed by atoms with Gasteiger partial charge in [-0.05, 0) is 46.6 Å². The molecule has 0 bridgehead atoms. The number of benzene rings is 2. The summed E-state index contributed by atoms with van der Waals surface area (Å²) in [7, 11) is 0. The zero-order valence-electron chi connectivity index (χ0n) is 11.3. The van der Waals surface area contributed by atoms with Gasteiger partial charge in [0.15, 0.2) is 0 Å². The van der Waals surface area contributed by atoms with Crippen LogP contribution in [0.4, 0.5) is 0 Å². The second-order valence-corrected chi connectivity index (χ2v) is 6.14. The Morgan fingerprint density at radius 1 is 1.14 bits per heavy atom. The molecule has 5 heteroatoms. The molecule has 0 saturated carbocycles. The monoisotopic (exact) mass is 406 g/mol. The van der Waals surface area contributed by atoms with Gasteiger partial charge in [-0.15, -0.1) is 0 Å². The van der Waals surface area contributed by atoms with Crippen LogP contribution in [0.25, 0.3) is 16.6 Å². The van der Waals surface area contributed by atoms with Crippen LogP contribution in [0.2, 0.25) is 0 Å². The first-order valence-corrected chi connectivity index (χ1v) is 8.37. The SMILES string of the molecule is Cc1ccccc1-n1c(CBr)nc2c(Br)cccc2c1=O. The quantitative estimate of drug-likeness (QED) is 0.592. The minimum atomic E-state index is -0.0509. The van der Waals surface area contributed by atoms with Gasteiger partial charge in [0.25, 0.3) is 5.56 Å². The number of para-hydroxylation sites is 2. The normalized spacial score (nSPS) is 11.0. The molecular weight excluding hydrogens is 396 g/mol. The highest BCUT2D eigenvalue weighted by Gasteiger charge is 2.14. The fraction of sp³-hybridized carbons (Fsp3) is 0.125. The van der Waals surface area contributed by atoms with Gasteiger partial charge in [0.05, 0.1) is 21.9 Å². The number of aromatic nitrogens is 2. The minimum absolute atomic E-state index is 0.0509. The van der Waals surface area contributed by atoms with Crippen LogP contribution in [-0.2, 0) is 5.33 Å². The largest absolute Gasteiger partial charge is 0.268 e. The first kappa shape index (κ1) is 14.5. The van der Waals surface area contributed by atoms with Crippen LogP contribution >= 0.6 is 31.9 Å². The van der Waals surface area contributed by atoms with Crippen LogP contribution in [0.5, 0.6) is 0 Å². The average molecular weight is 408 g/mol. The molecule has 106 valence electrons. The van der Waals surface area contributed by atoms with E-state index in [-0.39, 0.29) is 5.56 Å². The molecule has 0 atom stereocenters. The molecule has 0 aliphatic carbocycles. The van der Waals surface area contributed by atoms with Gasteiger partial charge in [-0.1, -0.05) is 40.2 Å². The third-order valence-corrected chi connectivity index (χ3v) is 4.54. The predicted octanol–water partition coefficient (Wildman–Crippen LogP) is 4.35. The van der Waals surface area contributed by atoms with Gasteiger partial charge in [0, 0.05) is 4.47 Å². The van der Waals surface area contributed by atoms with E-state index in [9.17, 15) is 4.79 Å². The molecule has 0 aliphatic heterocycles. The fourth-order valence-electron chi connectivity index (χ4n) is 2.37. The summed E-state index contributed by atoms with van der Waals surface area (Å²) in [5.74, 6) is 0.689. The van der Waals surface area contributed by atoms with E-state index in [2.05, 4.69) is 36.8 Å². The van der Waals surface area contributed by atoms with Crippen molar-refractivity contribution in [3.8, 4) is 5.69 Å². The molecule has 0 N–H and O–H groups in total. The Kier molecular flexibility index (Phi) is 3.95. The van der Waals surface area contributed by atoms with Crippen molar-refractivity contribution in [2.45, 2.75) is 12.3 Å². The summed E-state index contributed by atoms with van der Waals surface area (Å²) in [6, 6.07) is 13.4. The van der Waals surface area contributed by atoms with E-state index in [0.717, 1.165) is 15.7 Å². The van der Waals surface area contributed by atoms with Crippen molar-refractivity contribution in [1.82, 2.24) is 9.55 Å². The van der Waals surface area contributed by atoms with Gasteiger partial charge >= 0.3 is 0 Å². The molecule has 0 fully saturated rings. The first-order valence-electron chi connectivity index (χ1n) is 6.45. The van der Waals surface area contributed by atoms with E-state index in [4.69, 9.17) is 0 Å². The Bertz CT molecular complexity index is 887. The summed E-state index contributed by atoms with van der Waals surface area (Å²) in [6.45, 7) is 1.99. The minimum Gasteiger partial charge on any atom is -0.268 e. The lowest BCUT2D eigenvalue weighted by molar-refractivity contribution is 0.880. The fourth-order valence-corrected chi connectivity index (χ4v) is 3.20. The number of halogens is 2. The molecule has 0 saturated heterocycles. The highest BCUT2D eigenvalue weighted by molar-refractivity contribution is 9.10. The molecule has 21 heavy (non-hydrogen) atoms. The smallest absolute Gasteiger partial charge is 0.266 e. The van der Waals surface area contributed by atoms with Crippen LogP contribution in [0.15, 0.2) is 51.7 Å². The molecule has 0 spiro atoms. The molecular formula is C16H12Br2N2O. The third-order valence-electron chi connectivity index (χ3n) is 3.40. The van der Waals surface area contributed by atoms with E-state index in [1.165, 1.54) is 0 Å². The lowest BCUT2D eigenvalue weighted by Crippen LogP contribution is -2.24. The lowest BCUT2D eigenvalue weighted by Gasteiger charge is -2.14. The van der Waals surface area contributed by atoms with Gasteiger partial charge in [0.2, 0.25) is 0 Å². The number of aryl methyl sites for hydroxylation is 1. The van der Waals surface area contributed by atoms with Crippen molar-refractivity contribution in [1.29, 1.82) is 0 Å². The second kappa shape index (κ2) is 5.73. The van der Waals surface area contributed by atoms with E-state index >= 15 is 0 Å². The highest BCUT2D eigenvalue weighted by Crippen LogP contribution is 2.22. The maximum atomic E-state index is 12.9. The average Bonchev–Trinajstić information content (AvgIpc) is 2.49. The molecule has 2 aromatic carbocycles. The Hall–Kier alpha value is -1.46. The number of hydrogen-bond acceptors (Lipinski definition) is 2. The highest BCUT2D eigenvalue weighted by atomic mass is 79.9. The molecule has 0 unspecified atom stereocenters. The first-order chi connectivity index (χ1) is 10.1. The molecule has 3 nitrogen and oxygen atoms in total. The van der Waals surface area contributed by atoms with Gasteiger partial charge < -0.3 is 0 Å². The zero-order chi connectivity index (χ0) is 15.0. The van der Waals surface area contributed by atoms with Gasteiger partial charge in [-0.2, -0.15) is 0 Å². The Morgan fingerprint density at radius 3 is 2.62 bits per heavy atom. The Morgan fingerprint density at radius 2 is 1.90 bits per heavy atom. The van der Waals surface area contributed by atoms with Crippen molar-refractivity contribution in [2.75, 3.05) is 0 Å². The van der Waals surface area contributed by atoms with Crippen molar-refractivity contribution < 1.29 is 0 Å². The summed E-state index contributed by atoms with van der Waals surface area (Å²) in [4.78, 5) is 17.5. The lowest BCUT2D eigenvalue weighted by atomic mass is 10.2. The molecule has 1 heterocycles. The van der Waals surface area contributed by atoms with Crippen LogP contribution in [0.1, 0.15) is 11.4 Å². The summed E-state index contributed by atoms with van der Waals surface area (Å²) in [5.41, 5.74) is 2.55. The third kappa shape index (κ3) is 2.45. The number of fused-ring (bicyclic) bond motifs is 1. The Balaban J connectivity index is 2.46. The number of hydrogen-bond donors (Lipinski definition) is 0.